The maximum atomic E-state index is 11.5. The fourth-order valence-electron chi connectivity index (χ4n) is 1.70. The molecular formula is C11H12ClN3O2. The van der Waals surface area contributed by atoms with E-state index in [1.807, 2.05) is 13.1 Å². The van der Waals surface area contributed by atoms with Gasteiger partial charge in [-0.3, -0.25) is 4.68 Å². The second-order valence-corrected chi connectivity index (χ2v) is 3.98. The Morgan fingerprint density at radius 3 is 2.65 bits per heavy atom. The van der Waals surface area contributed by atoms with Crippen LogP contribution in [0, 0.1) is 0 Å². The minimum Gasteiger partial charge on any atom is -0.465 e. The van der Waals surface area contributed by atoms with Crippen LogP contribution in [0.25, 0.3) is 11.4 Å². The summed E-state index contributed by atoms with van der Waals surface area (Å²) in [5.41, 5.74) is 2.05. The quantitative estimate of drug-likeness (QED) is 0.768. The molecule has 2 aromatic rings. The van der Waals surface area contributed by atoms with Crippen molar-refractivity contribution in [3.05, 3.63) is 29.0 Å². The van der Waals surface area contributed by atoms with Gasteiger partial charge in [-0.05, 0) is 12.1 Å². The molecule has 0 bridgehead atoms. The first-order chi connectivity index (χ1) is 8.06. The first-order valence-corrected chi connectivity index (χ1v) is 5.36. The molecule has 0 aliphatic rings. The number of rotatable bonds is 2. The molecule has 2 heterocycles. The van der Waals surface area contributed by atoms with Crippen molar-refractivity contribution in [2.45, 2.75) is 0 Å². The summed E-state index contributed by atoms with van der Waals surface area (Å²) >= 11 is 6.09. The number of aryl methyl sites for hydroxylation is 1. The van der Waals surface area contributed by atoms with E-state index in [0.29, 0.717) is 10.7 Å². The Hall–Kier alpha value is -1.75. The zero-order chi connectivity index (χ0) is 12.6. The fourth-order valence-corrected chi connectivity index (χ4v) is 1.93. The average molecular weight is 254 g/mol. The van der Waals surface area contributed by atoms with Gasteiger partial charge in [-0.15, -0.1) is 0 Å². The highest BCUT2D eigenvalue weighted by Gasteiger charge is 2.19. The summed E-state index contributed by atoms with van der Waals surface area (Å²) in [6.07, 6.45) is 1.69. The lowest BCUT2D eigenvalue weighted by Crippen LogP contribution is -2.00. The van der Waals surface area contributed by atoms with Gasteiger partial charge in [0.15, 0.2) is 0 Å². The lowest BCUT2D eigenvalue weighted by molar-refractivity contribution is 0.0601. The molecular weight excluding hydrogens is 242 g/mol. The molecule has 0 N–H and O–H groups in total. The summed E-state index contributed by atoms with van der Waals surface area (Å²) in [4.78, 5) is 11.5. The first kappa shape index (κ1) is 11.7. The van der Waals surface area contributed by atoms with Gasteiger partial charge in [0.05, 0.1) is 24.1 Å². The van der Waals surface area contributed by atoms with Crippen LogP contribution in [0.5, 0.6) is 0 Å². The Bertz CT molecular complexity index is 571. The Balaban J connectivity index is 2.58. The Morgan fingerprint density at radius 2 is 2.12 bits per heavy atom. The number of carbonyl (C=O) groups is 1. The van der Waals surface area contributed by atoms with E-state index < -0.39 is 5.97 Å². The van der Waals surface area contributed by atoms with Crippen LogP contribution in [0.2, 0.25) is 5.15 Å². The van der Waals surface area contributed by atoms with E-state index in [4.69, 9.17) is 11.6 Å². The van der Waals surface area contributed by atoms with Crippen LogP contribution < -0.4 is 0 Å². The van der Waals surface area contributed by atoms with Gasteiger partial charge in [0, 0.05) is 20.3 Å². The van der Waals surface area contributed by atoms with Crippen molar-refractivity contribution < 1.29 is 9.53 Å². The van der Waals surface area contributed by atoms with Crippen molar-refractivity contribution in [1.29, 1.82) is 0 Å². The van der Waals surface area contributed by atoms with E-state index in [-0.39, 0.29) is 0 Å². The van der Waals surface area contributed by atoms with Crippen LogP contribution in [-0.2, 0) is 18.8 Å². The number of esters is 1. The van der Waals surface area contributed by atoms with Gasteiger partial charge in [0.25, 0.3) is 0 Å². The van der Waals surface area contributed by atoms with Crippen LogP contribution in [-0.4, -0.2) is 27.4 Å². The summed E-state index contributed by atoms with van der Waals surface area (Å²) < 4.78 is 8.12. The van der Waals surface area contributed by atoms with E-state index in [1.54, 1.807) is 28.6 Å². The minimum atomic E-state index is -0.445. The van der Waals surface area contributed by atoms with Crippen LogP contribution >= 0.6 is 11.6 Å². The van der Waals surface area contributed by atoms with Crippen molar-refractivity contribution >= 4 is 17.6 Å². The predicted octanol–water partition coefficient (Wildman–Crippen LogP) is 1.87. The molecule has 90 valence electrons. The molecule has 6 heteroatoms. The molecule has 0 saturated heterocycles. The lowest BCUT2D eigenvalue weighted by atomic mass is 10.2. The number of methoxy groups -OCH3 is 1. The van der Waals surface area contributed by atoms with E-state index in [1.165, 1.54) is 7.11 Å². The number of ether oxygens (including phenoxy) is 1. The van der Waals surface area contributed by atoms with Crippen molar-refractivity contribution in [3.63, 3.8) is 0 Å². The molecule has 0 amide bonds. The van der Waals surface area contributed by atoms with Crippen LogP contribution in [0.4, 0.5) is 0 Å². The summed E-state index contributed by atoms with van der Waals surface area (Å²) in [7, 11) is 4.95. The van der Waals surface area contributed by atoms with Crippen molar-refractivity contribution in [2.75, 3.05) is 7.11 Å². The van der Waals surface area contributed by atoms with Crippen LogP contribution in [0.15, 0.2) is 18.3 Å². The molecule has 2 aromatic heterocycles. The molecule has 0 aliphatic carbocycles. The third-order valence-electron chi connectivity index (χ3n) is 2.65. The average Bonchev–Trinajstić information content (AvgIpc) is 2.85. The van der Waals surface area contributed by atoms with Gasteiger partial charge in [-0.2, -0.15) is 5.10 Å². The SMILES string of the molecule is COC(=O)c1cc(-c2ccnn2C)n(C)c1Cl. The zero-order valence-corrected chi connectivity index (χ0v) is 10.5. The second-order valence-electron chi connectivity index (χ2n) is 3.62. The lowest BCUT2D eigenvalue weighted by Gasteiger charge is -2.03. The van der Waals surface area contributed by atoms with Gasteiger partial charge < -0.3 is 9.30 Å². The molecule has 17 heavy (non-hydrogen) atoms. The number of hydrogen-bond acceptors (Lipinski definition) is 3. The molecule has 0 radical (unpaired) electrons. The summed E-state index contributed by atoms with van der Waals surface area (Å²) in [6.45, 7) is 0. The normalized spacial score (nSPS) is 10.6. The van der Waals surface area contributed by atoms with Gasteiger partial charge in [0.2, 0.25) is 0 Å². The predicted molar refractivity (Wildman–Crippen MR) is 64.0 cm³/mol. The smallest absolute Gasteiger partial charge is 0.341 e. The summed E-state index contributed by atoms with van der Waals surface area (Å²) in [5, 5.41) is 4.44. The standard InChI is InChI=1S/C11H12ClN3O2/c1-14-9(8-4-5-13-15(8)2)6-7(10(14)12)11(16)17-3/h4-6H,1-3H3. The van der Waals surface area contributed by atoms with Crippen molar-refractivity contribution in [2.24, 2.45) is 14.1 Å². The molecule has 0 aromatic carbocycles. The van der Waals surface area contributed by atoms with E-state index in [0.717, 1.165) is 11.4 Å². The Kier molecular flexibility index (Phi) is 2.93. The number of halogens is 1. The van der Waals surface area contributed by atoms with Gasteiger partial charge in [0.1, 0.15) is 5.15 Å². The fraction of sp³-hybridized carbons (Fsp3) is 0.273. The van der Waals surface area contributed by atoms with Crippen LogP contribution in [0.3, 0.4) is 0 Å². The summed E-state index contributed by atoms with van der Waals surface area (Å²) in [6, 6.07) is 3.55. The molecule has 0 aliphatic heterocycles. The highest BCUT2D eigenvalue weighted by Crippen LogP contribution is 2.28. The third kappa shape index (κ3) is 1.82. The summed E-state index contributed by atoms with van der Waals surface area (Å²) in [5.74, 6) is -0.445. The first-order valence-electron chi connectivity index (χ1n) is 4.98. The molecule has 0 atom stereocenters. The zero-order valence-electron chi connectivity index (χ0n) is 9.77. The molecule has 5 nitrogen and oxygen atoms in total. The van der Waals surface area contributed by atoms with E-state index >= 15 is 0 Å². The molecule has 0 saturated carbocycles. The minimum absolute atomic E-state index is 0.355. The topological polar surface area (TPSA) is 49.0 Å². The molecule has 0 unspecified atom stereocenters. The van der Waals surface area contributed by atoms with Gasteiger partial charge >= 0.3 is 5.97 Å². The highest BCUT2D eigenvalue weighted by molar-refractivity contribution is 6.33. The van der Waals surface area contributed by atoms with Gasteiger partial charge in [-0.25, -0.2) is 4.79 Å². The maximum Gasteiger partial charge on any atom is 0.341 e. The Morgan fingerprint density at radius 1 is 1.41 bits per heavy atom. The second kappa shape index (κ2) is 4.25. The number of carbonyl (C=O) groups excluding carboxylic acids is 1. The van der Waals surface area contributed by atoms with E-state index in [2.05, 4.69) is 9.84 Å². The number of aromatic nitrogens is 3. The Labute approximate surface area is 104 Å². The largest absolute Gasteiger partial charge is 0.465 e. The molecule has 2 rings (SSSR count). The third-order valence-corrected chi connectivity index (χ3v) is 3.10. The monoisotopic (exact) mass is 253 g/mol. The molecule has 0 spiro atoms. The molecule has 0 fully saturated rings. The van der Waals surface area contributed by atoms with Crippen LogP contribution in [0.1, 0.15) is 10.4 Å². The van der Waals surface area contributed by atoms with Crippen molar-refractivity contribution in [3.8, 4) is 11.4 Å². The van der Waals surface area contributed by atoms with Gasteiger partial charge in [-0.1, -0.05) is 11.6 Å². The maximum absolute atomic E-state index is 11.5. The number of nitrogens with zero attached hydrogens (tertiary/aromatic N) is 3. The van der Waals surface area contributed by atoms with E-state index in [9.17, 15) is 4.79 Å². The van der Waals surface area contributed by atoms with Crippen molar-refractivity contribution in [1.82, 2.24) is 14.3 Å². The highest BCUT2D eigenvalue weighted by atomic mass is 35.5. The number of hydrogen-bond donors (Lipinski definition) is 0.